The predicted molar refractivity (Wildman–Crippen MR) is 62.4 cm³/mol. The minimum atomic E-state index is -0.457. The summed E-state index contributed by atoms with van der Waals surface area (Å²) < 4.78 is 24.0. The van der Waals surface area contributed by atoms with Gasteiger partial charge in [-0.1, -0.05) is 6.07 Å². The fraction of sp³-hybridized carbons (Fsp3) is 0.333. The maximum absolute atomic E-state index is 13.7. The van der Waals surface area contributed by atoms with E-state index in [9.17, 15) is 4.39 Å². The van der Waals surface area contributed by atoms with Crippen molar-refractivity contribution in [3.05, 3.63) is 41.4 Å². The molecule has 0 aliphatic heterocycles. The summed E-state index contributed by atoms with van der Waals surface area (Å²) in [7, 11) is 0. The summed E-state index contributed by atoms with van der Waals surface area (Å²) in [5, 5.41) is 7.40. The first-order valence-corrected chi connectivity index (χ1v) is 5.53. The molecule has 1 aromatic carbocycles. The van der Waals surface area contributed by atoms with Crippen LogP contribution in [0.4, 0.5) is 4.39 Å². The number of rotatable bonds is 4. The van der Waals surface area contributed by atoms with Crippen molar-refractivity contribution in [2.75, 3.05) is 0 Å². The molecule has 18 heavy (non-hydrogen) atoms. The highest BCUT2D eigenvalue weighted by atomic mass is 19.1. The third-order valence-corrected chi connectivity index (χ3v) is 2.40. The van der Waals surface area contributed by atoms with Gasteiger partial charge >= 0.3 is 0 Å². The average Bonchev–Trinajstić information content (AvgIpc) is 2.73. The molecule has 2 rings (SSSR count). The van der Waals surface area contributed by atoms with Crippen LogP contribution >= 0.6 is 0 Å². The molecule has 0 spiro atoms. The molecule has 0 saturated heterocycles. The number of nitrogens with zero attached hydrogens (tertiary/aromatic N) is 2. The van der Waals surface area contributed by atoms with Gasteiger partial charge in [0.1, 0.15) is 0 Å². The fourth-order valence-corrected chi connectivity index (χ4v) is 1.45. The Balaban J connectivity index is 2.05. The van der Waals surface area contributed by atoms with Crippen LogP contribution in [0.25, 0.3) is 0 Å². The third kappa shape index (κ3) is 2.84. The monoisotopic (exact) mass is 251 g/mol. The van der Waals surface area contributed by atoms with E-state index in [1.165, 1.54) is 12.1 Å². The Morgan fingerprint density at radius 1 is 1.44 bits per heavy atom. The van der Waals surface area contributed by atoms with Crippen molar-refractivity contribution in [2.24, 2.45) is 5.73 Å². The fourth-order valence-electron chi connectivity index (χ4n) is 1.45. The van der Waals surface area contributed by atoms with Gasteiger partial charge < -0.3 is 14.9 Å². The molecule has 6 heteroatoms. The van der Waals surface area contributed by atoms with E-state index in [1.54, 1.807) is 19.9 Å². The zero-order valence-electron chi connectivity index (χ0n) is 10.2. The molecular weight excluding hydrogens is 237 g/mol. The first kappa shape index (κ1) is 12.5. The lowest BCUT2D eigenvalue weighted by molar-refractivity contribution is 0.249. The highest BCUT2D eigenvalue weighted by Crippen LogP contribution is 2.21. The third-order valence-electron chi connectivity index (χ3n) is 2.40. The van der Waals surface area contributed by atoms with Crippen LogP contribution in [0.15, 0.2) is 22.6 Å². The Hall–Kier alpha value is -1.95. The van der Waals surface area contributed by atoms with Gasteiger partial charge in [0.25, 0.3) is 5.89 Å². The number of aromatic nitrogens is 2. The molecule has 1 atom stereocenters. The van der Waals surface area contributed by atoms with E-state index in [0.29, 0.717) is 17.3 Å². The molecule has 0 unspecified atom stereocenters. The molecule has 0 amide bonds. The molecule has 1 heterocycles. The molecule has 2 aromatic rings. The SMILES string of the molecule is Cc1nnc(COc2ccc([C@H](C)N)cc2F)o1. The van der Waals surface area contributed by atoms with Crippen molar-refractivity contribution < 1.29 is 13.5 Å². The van der Waals surface area contributed by atoms with E-state index in [4.69, 9.17) is 14.9 Å². The Kier molecular flexibility index (Phi) is 3.57. The summed E-state index contributed by atoms with van der Waals surface area (Å²) in [6.45, 7) is 3.50. The van der Waals surface area contributed by atoms with Crippen molar-refractivity contribution in [3.8, 4) is 5.75 Å². The maximum atomic E-state index is 13.7. The molecule has 0 aliphatic rings. The molecule has 2 N–H and O–H groups in total. The lowest BCUT2D eigenvalue weighted by Crippen LogP contribution is -2.06. The summed E-state index contributed by atoms with van der Waals surface area (Å²) in [6.07, 6.45) is 0. The molecule has 0 bridgehead atoms. The molecular formula is C12H14FN3O2. The van der Waals surface area contributed by atoms with E-state index in [2.05, 4.69) is 10.2 Å². The van der Waals surface area contributed by atoms with Crippen LogP contribution in [0.5, 0.6) is 5.75 Å². The maximum Gasteiger partial charge on any atom is 0.253 e. The number of halogens is 1. The van der Waals surface area contributed by atoms with Gasteiger partial charge in [0.15, 0.2) is 18.2 Å². The van der Waals surface area contributed by atoms with Gasteiger partial charge in [0, 0.05) is 13.0 Å². The minimum Gasteiger partial charge on any atom is -0.481 e. The number of ether oxygens (including phenoxy) is 1. The second kappa shape index (κ2) is 5.14. The summed E-state index contributed by atoms with van der Waals surface area (Å²) >= 11 is 0. The largest absolute Gasteiger partial charge is 0.481 e. The number of hydrogen-bond donors (Lipinski definition) is 1. The van der Waals surface area contributed by atoms with Gasteiger partial charge in [-0.15, -0.1) is 10.2 Å². The second-order valence-corrected chi connectivity index (χ2v) is 3.98. The highest BCUT2D eigenvalue weighted by molar-refractivity contribution is 5.30. The summed E-state index contributed by atoms with van der Waals surface area (Å²) in [6, 6.07) is 4.41. The van der Waals surface area contributed by atoms with E-state index in [0.717, 1.165) is 0 Å². The lowest BCUT2D eigenvalue weighted by atomic mass is 10.1. The number of aryl methyl sites for hydroxylation is 1. The molecule has 0 radical (unpaired) electrons. The number of nitrogens with two attached hydrogens (primary N) is 1. The van der Waals surface area contributed by atoms with Crippen LogP contribution < -0.4 is 10.5 Å². The van der Waals surface area contributed by atoms with Crippen molar-refractivity contribution in [1.82, 2.24) is 10.2 Å². The van der Waals surface area contributed by atoms with Crippen LogP contribution in [0.2, 0.25) is 0 Å². The van der Waals surface area contributed by atoms with Gasteiger partial charge in [0.2, 0.25) is 5.89 Å². The smallest absolute Gasteiger partial charge is 0.253 e. The van der Waals surface area contributed by atoms with Gasteiger partial charge in [-0.25, -0.2) is 4.39 Å². The molecule has 0 aliphatic carbocycles. The molecule has 0 fully saturated rings. The van der Waals surface area contributed by atoms with E-state index in [1.807, 2.05) is 0 Å². The summed E-state index contributed by atoms with van der Waals surface area (Å²) in [5.74, 6) is 0.431. The molecule has 0 saturated carbocycles. The number of hydrogen-bond acceptors (Lipinski definition) is 5. The first-order chi connectivity index (χ1) is 8.56. The van der Waals surface area contributed by atoms with E-state index in [-0.39, 0.29) is 18.4 Å². The zero-order valence-corrected chi connectivity index (χ0v) is 10.2. The Morgan fingerprint density at radius 2 is 2.22 bits per heavy atom. The van der Waals surface area contributed by atoms with Gasteiger partial charge in [-0.05, 0) is 24.6 Å². The topological polar surface area (TPSA) is 74.2 Å². The molecule has 96 valence electrons. The second-order valence-electron chi connectivity index (χ2n) is 3.98. The summed E-state index contributed by atoms with van der Waals surface area (Å²) in [4.78, 5) is 0. The van der Waals surface area contributed by atoms with Crippen molar-refractivity contribution in [3.63, 3.8) is 0 Å². The quantitative estimate of drug-likeness (QED) is 0.900. The predicted octanol–water partition coefficient (Wildman–Crippen LogP) is 2.12. The normalized spacial score (nSPS) is 12.4. The van der Waals surface area contributed by atoms with Crippen LogP contribution in [-0.4, -0.2) is 10.2 Å². The standard InChI is InChI=1S/C12H14FN3O2/c1-7(14)9-3-4-11(10(13)5-9)17-6-12-16-15-8(2)18-12/h3-5,7H,6,14H2,1-2H3/t7-/m0/s1. The van der Waals surface area contributed by atoms with Gasteiger partial charge in [-0.3, -0.25) is 0 Å². The summed E-state index contributed by atoms with van der Waals surface area (Å²) in [5.41, 5.74) is 6.38. The Morgan fingerprint density at radius 3 is 2.78 bits per heavy atom. The van der Waals surface area contributed by atoms with Crippen molar-refractivity contribution in [1.29, 1.82) is 0 Å². The average molecular weight is 251 g/mol. The van der Waals surface area contributed by atoms with Crippen molar-refractivity contribution in [2.45, 2.75) is 26.5 Å². The van der Waals surface area contributed by atoms with Gasteiger partial charge in [-0.2, -0.15) is 0 Å². The Labute approximate surface area is 104 Å². The highest BCUT2D eigenvalue weighted by Gasteiger charge is 2.09. The Bertz CT molecular complexity index is 540. The van der Waals surface area contributed by atoms with Crippen LogP contribution in [0.3, 0.4) is 0 Å². The van der Waals surface area contributed by atoms with Gasteiger partial charge in [0.05, 0.1) is 0 Å². The minimum absolute atomic E-state index is 0.0370. The molecule has 1 aromatic heterocycles. The first-order valence-electron chi connectivity index (χ1n) is 5.53. The van der Waals surface area contributed by atoms with E-state index < -0.39 is 5.82 Å². The van der Waals surface area contributed by atoms with Crippen LogP contribution in [0, 0.1) is 12.7 Å². The number of benzene rings is 1. The van der Waals surface area contributed by atoms with Crippen LogP contribution in [0.1, 0.15) is 30.3 Å². The zero-order chi connectivity index (χ0) is 13.1. The van der Waals surface area contributed by atoms with Crippen LogP contribution in [-0.2, 0) is 6.61 Å². The molecule has 5 nitrogen and oxygen atoms in total. The lowest BCUT2D eigenvalue weighted by Gasteiger charge is -2.09. The van der Waals surface area contributed by atoms with Crippen molar-refractivity contribution >= 4 is 0 Å². The van der Waals surface area contributed by atoms with E-state index >= 15 is 0 Å².